The Kier molecular flexibility index (Phi) is 5.87. The van der Waals surface area contributed by atoms with E-state index in [1.54, 1.807) is 36.0 Å². The Labute approximate surface area is 140 Å². The molecule has 2 aromatic rings. The molecular weight excluding hydrogens is 358 g/mol. The molecule has 10 heteroatoms. The van der Waals surface area contributed by atoms with Gasteiger partial charge in [0.05, 0.1) is 6.26 Å². The standard InChI is InChI=1S/C13H17N3O4S3/c1-22(17,18)16(11-12-4-2-6-14-10-12)8-7-15-23(19,20)13-5-3-9-21-13/h2-6,9-10,15H,7-8,11H2,1H3. The first kappa shape index (κ1) is 18.0. The molecule has 0 saturated carbocycles. The van der Waals surface area contributed by atoms with Crippen LogP contribution < -0.4 is 4.72 Å². The lowest BCUT2D eigenvalue weighted by atomic mass is 10.3. The number of hydrogen-bond donors (Lipinski definition) is 1. The van der Waals surface area contributed by atoms with E-state index >= 15 is 0 Å². The van der Waals surface area contributed by atoms with E-state index in [0.717, 1.165) is 23.2 Å². The summed E-state index contributed by atoms with van der Waals surface area (Å²) in [5, 5.41) is 1.67. The molecule has 23 heavy (non-hydrogen) atoms. The van der Waals surface area contributed by atoms with E-state index < -0.39 is 20.0 Å². The molecule has 0 aliphatic heterocycles. The molecule has 0 bridgehead atoms. The number of thiophene rings is 1. The summed E-state index contributed by atoms with van der Waals surface area (Å²) in [6, 6.07) is 6.62. The van der Waals surface area contributed by atoms with Crippen molar-refractivity contribution in [2.45, 2.75) is 10.8 Å². The maximum Gasteiger partial charge on any atom is 0.250 e. The summed E-state index contributed by atoms with van der Waals surface area (Å²) in [4.78, 5) is 3.94. The molecule has 2 aromatic heterocycles. The van der Waals surface area contributed by atoms with Crippen LogP contribution in [0, 0.1) is 0 Å². The molecule has 1 N–H and O–H groups in total. The predicted octanol–water partition coefficient (Wildman–Crippen LogP) is 0.883. The highest BCUT2D eigenvalue weighted by Gasteiger charge is 2.19. The van der Waals surface area contributed by atoms with Gasteiger partial charge >= 0.3 is 0 Å². The molecule has 0 unspecified atom stereocenters. The highest BCUT2D eigenvalue weighted by atomic mass is 32.2. The van der Waals surface area contributed by atoms with Gasteiger partial charge in [-0.05, 0) is 23.1 Å². The van der Waals surface area contributed by atoms with E-state index in [-0.39, 0.29) is 23.8 Å². The first-order chi connectivity index (χ1) is 10.8. The minimum Gasteiger partial charge on any atom is -0.264 e. The van der Waals surface area contributed by atoms with Crippen molar-refractivity contribution in [1.82, 2.24) is 14.0 Å². The van der Waals surface area contributed by atoms with Crippen LogP contribution in [0.5, 0.6) is 0 Å². The van der Waals surface area contributed by atoms with E-state index in [9.17, 15) is 16.8 Å². The lowest BCUT2D eigenvalue weighted by Gasteiger charge is -2.20. The Hall–Kier alpha value is -1.33. The largest absolute Gasteiger partial charge is 0.264 e. The number of pyridine rings is 1. The fourth-order valence-electron chi connectivity index (χ4n) is 1.85. The Morgan fingerprint density at radius 1 is 1.22 bits per heavy atom. The first-order valence-electron chi connectivity index (χ1n) is 6.66. The van der Waals surface area contributed by atoms with Crippen molar-refractivity contribution in [2.24, 2.45) is 0 Å². The number of aromatic nitrogens is 1. The summed E-state index contributed by atoms with van der Waals surface area (Å²) < 4.78 is 51.5. The molecule has 2 heterocycles. The molecule has 126 valence electrons. The molecule has 0 saturated heterocycles. The lowest BCUT2D eigenvalue weighted by molar-refractivity contribution is 0.412. The lowest BCUT2D eigenvalue weighted by Crippen LogP contribution is -2.37. The van der Waals surface area contributed by atoms with Gasteiger partial charge in [-0.3, -0.25) is 4.98 Å². The summed E-state index contributed by atoms with van der Waals surface area (Å²) in [6.45, 7) is 0.180. The third-order valence-electron chi connectivity index (χ3n) is 2.96. The second kappa shape index (κ2) is 7.49. The average molecular weight is 375 g/mol. The van der Waals surface area contributed by atoms with Crippen molar-refractivity contribution in [3.63, 3.8) is 0 Å². The smallest absolute Gasteiger partial charge is 0.250 e. The van der Waals surface area contributed by atoms with E-state index in [4.69, 9.17) is 0 Å². The Morgan fingerprint density at radius 2 is 2.00 bits per heavy atom. The normalized spacial score (nSPS) is 12.6. The zero-order valence-corrected chi connectivity index (χ0v) is 14.9. The van der Waals surface area contributed by atoms with Gasteiger partial charge in [-0.15, -0.1) is 11.3 Å². The quantitative estimate of drug-likeness (QED) is 0.739. The van der Waals surface area contributed by atoms with Crippen LogP contribution in [0.15, 0.2) is 46.2 Å². The topological polar surface area (TPSA) is 96.4 Å². The van der Waals surface area contributed by atoms with Gasteiger partial charge in [0.1, 0.15) is 4.21 Å². The minimum atomic E-state index is -3.60. The maximum absolute atomic E-state index is 12.0. The van der Waals surface area contributed by atoms with Gasteiger partial charge in [-0.1, -0.05) is 12.1 Å². The van der Waals surface area contributed by atoms with Crippen molar-refractivity contribution < 1.29 is 16.8 Å². The van der Waals surface area contributed by atoms with Gasteiger partial charge in [0.15, 0.2) is 0 Å². The molecule has 7 nitrogen and oxygen atoms in total. The van der Waals surface area contributed by atoms with Crippen molar-refractivity contribution in [2.75, 3.05) is 19.3 Å². The summed E-state index contributed by atoms with van der Waals surface area (Å²) in [7, 11) is -7.06. The molecule has 0 aromatic carbocycles. The van der Waals surface area contributed by atoms with Crippen molar-refractivity contribution in [3.05, 3.63) is 47.6 Å². The molecule has 0 atom stereocenters. The fraction of sp³-hybridized carbons (Fsp3) is 0.308. The van der Waals surface area contributed by atoms with E-state index in [0.29, 0.717) is 0 Å². The minimum absolute atomic E-state index is 0.00638. The molecular formula is C13H17N3O4S3. The fourth-order valence-corrected chi connectivity index (χ4v) is 4.71. The van der Waals surface area contributed by atoms with Crippen LogP contribution in [-0.4, -0.2) is 45.5 Å². The zero-order valence-electron chi connectivity index (χ0n) is 12.4. The number of nitrogens with one attached hydrogen (secondary N) is 1. The molecule has 0 amide bonds. The molecule has 0 radical (unpaired) electrons. The van der Waals surface area contributed by atoms with Crippen LogP contribution in [0.25, 0.3) is 0 Å². The number of sulfonamides is 2. The first-order valence-corrected chi connectivity index (χ1v) is 10.9. The number of nitrogens with zero attached hydrogens (tertiary/aromatic N) is 2. The predicted molar refractivity (Wildman–Crippen MR) is 89.0 cm³/mol. The van der Waals surface area contributed by atoms with Gasteiger partial charge in [-0.2, -0.15) is 4.31 Å². The van der Waals surface area contributed by atoms with E-state index in [2.05, 4.69) is 9.71 Å². The third-order valence-corrected chi connectivity index (χ3v) is 7.07. The Morgan fingerprint density at radius 3 is 2.57 bits per heavy atom. The summed E-state index contributed by atoms with van der Waals surface area (Å²) >= 11 is 1.11. The van der Waals surface area contributed by atoms with E-state index in [1.807, 2.05) is 0 Å². The van der Waals surface area contributed by atoms with Crippen molar-refractivity contribution >= 4 is 31.4 Å². The van der Waals surface area contributed by atoms with Crippen LogP contribution in [0.3, 0.4) is 0 Å². The maximum atomic E-state index is 12.0. The monoisotopic (exact) mass is 375 g/mol. The van der Waals surface area contributed by atoms with Crippen LogP contribution >= 0.6 is 11.3 Å². The average Bonchev–Trinajstić information content (AvgIpc) is 3.01. The summed E-state index contributed by atoms with van der Waals surface area (Å²) in [5.41, 5.74) is 0.735. The Bertz CT molecular complexity index is 819. The van der Waals surface area contributed by atoms with Crippen LogP contribution in [0.2, 0.25) is 0 Å². The second-order valence-electron chi connectivity index (χ2n) is 4.79. The van der Waals surface area contributed by atoms with Crippen LogP contribution in [-0.2, 0) is 26.6 Å². The molecule has 2 rings (SSSR count). The zero-order chi connectivity index (χ0) is 16.9. The molecule has 0 spiro atoms. The summed E-state index contributed by atoms with van der Waals surface area (Å²) in [6.07, 6.45) is 4.27. The van der Waals surface area contributed by atoms with Gasteiger partial charge in [0, 0.05) is 32.0 Å². The highest BCUT2D eigenvalue weighted by molar-refractivity contribution is 7.91. The molecule has 0 aliphatic carbocycles. The number of rotatable bonds is 8. The van der Waals surface area contributed by atoms with Gasteiger partial charge < -0.3 is 0 Å². The molecule has 0 fully saturated rings. The van der Waals surface area contributed by atoms with Crippen LogP contribution in [0.4, 0.5) is 0 Å². The summed E-state index contributed by atoms with van der Waals surface area (Å²) in [5.74, 6) is 0. The van der Waals surface area contributed by atoms with Crippen LogP contribution in [0.1, 0.15) is 5.56 Å². The third kappa shape index (κ3) is 5.36. The SMILES string of the molecule is CS(=O)(=O)N(CCNS(=O)(=O)c1cccs1)Cc1cccnc1. The van der Waals surface area contributed by atoms with Gasteiger partial charge in [0.25, 0.3) is 0 Å². The molecule has 0 aliphatic rings. The van der Waals surface area contributed by atoms with Gasteiger partial charge in [0.2, 0.25) is 20.0 Å². The highest BCUT2D eigenvalue weighted by Crippen LogP contribution is 2.15. The van der Waals surface area contributed by atoms with Crippen molar-refractivity contribution in [3.8, 4) is 0 Å². The van der Waals surface area contributed by atoms with Crippen molar-refractivity contribution in [1.29, 1.82) is 0 Å². The van der Waals surface area contributed by atoms with E-state index in [1.165, 1.54) is 10.4 Å². The van der Waals surface area contributed by atoms with Gasteiger partial charge in [-0.25, -0.2) is 21.6 Å². The number of hydrogen-bond acceptors (Lipinski definition) is 6. The Balaban J connectivity index is 2.00. The second-order valence-corrected chi connectivity index (χ2v) is 9.71.